The number of halogens is 2. The van der Waals surface area contributed by atoms with Crippen LogP contribution in [0.25, 0.3) is 0 Å². The van der Waals surface area contributed by atoms with Gasteiger partial charge in [0.05, 0.1) is 6.10 Å². The van der Waals surface area contributed by atoms with Crippen LogP contribution in [0.5, 0.6) is 0 Å². The maximum absolute atomic E-state index is 6.59. The standard InChI is InChI=1S/C24H38ClN3O2.HI/c1-23(2,3)21-18(8-7-13-30-21)16-27-22(26-4)28-17-24(11-14-29-15-12-24)19-9-5-6-10-20(19)25;/h5-6,9-10,18,21H,7-8,11-17H2,1-4H3,(H2,26,27,28);1H. The van der Waals surface area contributed by atoms with E-state index in [0.29, 0.717) is 5.92 Å². The Morgan fingerprint density at radius 2 is 1.87 bits per heavy atom. The number of hydrogen-bond donors (Lipinski definition) is 2. The number of ether oxygens (including phenoxy) is 2. The first kappa shape index (κ1) is 26.7. The van der Waals surface area contributed by atoms with E-state index in [1.165, 1.54) is 12.0 Å². The smallest absolute Gasteiger partial charge is 0.191 e. The Labute approximate surface area is 210 Å². The van der Waals surface area contributed by atoms with Crippen molar-refractivity contribution >= 4 is 41.5 Å². The molecule has 0 aliphatic carbocycles. The summed E-state index contributed by atoms with van der Waals surface area (Å²) in [6, 6.07) is 8.20. The highest BCUT2D eigenvalue weighted by Crippen LogP contribution is 2.38. The Kier molecular flexibility index (Phi) is 10.4. The van der Waals surface area contributed by atoms with Crippen LogP contribution in [0.4, 0.5) is 0 Å². The number of rotatable bonds is 5. The Morgan fingerprint density at radius 3 is 2.52 bits per heavy atom. The molecule has 0 bridgehead atoms. The summed E-state index contributed by atoms with van der Waals surface area (Å²) in [4.78, 5) is 4.48. The van der Waals surface area contributed by atoms with E-state index in [1.807, 2.05) is 19.2 Å². The lowest BCUT2D eigenvalue weighted by Crippen LogP contribution is -2.51. The molecular formula is C24H39ClIN3O2. The zero-order valence-corrected chi connectivity index (χ0v) is 22.5. The molecule has 3 rings (SSSR count). The highest BCUT2D eigenvalue weighted by Gasteiger charge is 2.37. The van der Waals surface area contributed by atoms with Crippen LogP contribution in [0.1, 0.15) is 52.0 Å². The first-order chi connectivity index (χ1) is 14.4. The Hall–Kier alpha value is -0.570. The lowest BCUT2D eigenvalue weighted by Gasteiger charge is -2.41. The predicted molar refractivity (Wildman–Crippen MR) is 140 cm³/mol. The fraction of sp³-hybridized carbons (Fsp3) is 0.708. The fourth-order valence-corrected chi connectivity index (χ4v) is 5.24. The van der Waals surface area contributed by atoms with Gasteiger partial charge in [-0.3, -0.25) is 4.99 Å². The van der Waals surface area contributed by atoms with Crippen molar-refractivity contribution in [3.8, 4) is 0 Å². The van der Waals surface area contributed by atoms with Crippen molar-refractivity contribution < 1.29 is 9.47 Å². The molecule has 1 aromatic carbocycles. The van der Waals surface area contributed by atoms with E-state index in [4.69, 9.17) is 21.1 Å². The summed E-state index contributed by atoms with van der Waals surface area (Å²) in [5, 5.41) is 7.97. The SMILES string of the molecule is CN=C(NCC1CCCOC1C(C)(C)C)NCC1(c2ccccc2Cl)CCOCC1.I. The minimum Gasteiger partial charge on any atom is -0.381 e. The molecule has 7 heteroatoms. The maximum Gasteiger partial charge on any atom is 0.191 e. The van der Waals surface area contributed by atoms with Crippen LogP contribution in [0, 0.1) is 11.3 Å². The molecule has 0 spiro atoms. The minimum absolute atomic E-state index is 0. The first-order valence-electron chi connectivity index (χ1n) is 11.2. The molecule has 2 heterocycles. The number of nitrogens with zero attached hydrogens (tertiary/aromatic N) is 1. The average molecular weight is 564 g/mol. The van der Waals surface area contributed by atoms with Gasteiger partial charge in [-0.25, -0.2) is 0 Å². The number of hydrogen-bond acceptors (Lipinski definition) is 3. The van der Waals surface area contributed by atoms with Gasteiger partial charge in [0, 0.05) is 56.3 Å². The third-order valence-electron chi connectivity index (χ3n) is 6.54. The molecule has 31 heavy (non-hydrogen) atoms. The Morgan fingerprint density at radius 1 is 1.16 bits per heavy atom. The summed E-state index contributed by atoms with van der Waals surface area (Å²) in [5.74, 6) is 1.32. The second-order valence-corrected chi connectivity index (χ2v) is 10.1. The lowest BCUT2D eigenvalue weighted by molar-refractivity contribution is -0.0835. The van der Waals surface area contributed by atoms with Crippen LogP contribution in [-0.4, -0.2) is 52.0 Å². The topological polar surface area (TPSA) is 54.9 Å². The number of aliphatic imine (C=N–C) groups is 1. The van der Waals surface area contributed by atoms with Gasteiger partial charge in [-0.15, -0.1) is 24.0 Å². The first-order valence-corrected chi connectivity index (χ1v) is 11.6. The van der Waals surface area contributed by atoms with E-state index in [1.54, 1.807) is 0 Å². The highest BCUT2D eigenvalue weighted by molar-refractivity contribution is 14.0. The monoisotopic (exact) mass is 563 g/mol. The van der Waals surface area contributed by atoms with E-state index >= 15 is 0 Å². The van der Waals surface area contributed by atoms with E-state index in [-0.39, 0.29) is 40.9 Å². The van der Waals surface area contributed by atoms with E-state index < -0.39 is 0 Å². The lowest BCUT2D eigenvalue weighted by atomic mass is 9.74. The summed E-state index contributed by atoms with van der Waals surface area (Å²) in [6.07, 6.45) is 4.47. The second-order valence-electron chi connectivity index (χ2n) is 9.74. The van der Waals surface area contributed by atoms with Crippen molar-refractivity contribution in [3.63, 3.8) is 0 Å². The molecule has 1 aromatic rings. The summed E-state index contributed by atoms with van der Waals surface area (Å²) in [6.45, 7) is 10.8. The second kappa shape index (κ2) is 12.1. The Bertz CT molecular complexity index is 717. The van der Waals surface area contributed by atoms with Gasteiger partial charge in [0.15, 0.2) is 5.96 Å². The van der Waals surface area contributed by atoms with E-state index in [2.05, 4.69) is 48.5 Å². The van der Waals surface area contributed by atoms with Gasteiger partial charge in [-0.1, -0.05) is 50.6 Å². The van der Waals surface area contributed by atoms with Gasteiger partial charge in [0.25, 0.3) is 0 Å². The highest BCUT2D eigenvalue weighted by atomic mass is 127. The number of nitrogens with one attached hydrogen (secondary N) is 2. The average Bonchev–Trinajstić information content (AvgIpc) is 2.74. The summed E-state index contributed by atoms with van der Waals surface area (Å²) < 4.78 is 11.8. The van der Waals surface area contributed by atoms with Crippen LogP contribution in [0.3, 0.4) is 0 Å². The predicted octanol–water partition coefficient (Wildman–Crippen LogP) is 5.01. The molecule has 2 atom stereocenters. The van der Waals surface area contributed by atoms with E-state index in [9.17, 15) is 0 Å². The van der Waals surface area contributed by atoms with Crippen molar-refractivity contribution in [1.29, 1.82) is 0 Å². The molecule has 5 nitrogen and oxygen atoms in total. The molecule has 2 unspecified atom stereocenters. The third kappa shape index (κ3) is 6.95. The Balaban J connectivity index is 0.00000341. The van der Waals surface area contributed by atoms with Crippen molar-refractivity contribution in [3.05, 3.63) is 34.9 Å². The molecular weight excluding hydrogens is 525 g/mol. The molecule has 0 saturated carbocycles. The van der Waals surface area contributed by atoms with Gasteiger partial charge >= 0.3 is 0 Å². The molecule has 2 N–H and O–H groups in total. The molecule has 0 amide bonds. The largest absolute Gasteiger partial charge is 0.381 e. The molecule has 176 valence electrons. The van der Waals surface area contributed by atoms with Crippen LogP contribution in [-0.2, 0) is 14.9 Å². The summed E-state index contributed by atoms with van der Waals surface area (Å²) in [5.41, 5.74) is 1.29. The van der Waals surface area contributed by atoms with Gasteiger partial charge in [0.2, 0.25) is 0 Å². The maximum atomic E-state index is 6.59. The zero-order chi connectivity index (χ0) is 21.6. The van der Waals surface area contributed by atoms with Crippen molar-refractivity contribution in [2.24, 2.45) is 16.3 Å². The molecule has 0 aromatic heterocycles. The van der Waals surface area contributed by atoms with Crippen LogP contribution in [0.2, 0.25) is 5.02 Å². The van der Waals surface area contributed by atoms with Crippen LogP contribution >= 0.6 is 35.6 Å². The van der Waals surface area contributed by atoms with Gasteiger partial charge < -0.3 is 20.1 Å². The zero-order valence-electron chi connectivity index (χ0n) is 19.4. The van der Waals surface area contributed by atoms with Crippen molar-refractivity contribution in [1.82, 2.24) is 10.6 Å². The molecule has 2 saturated heterocycles. The van der Waals surface area contributed by atoms with E-state index in [0.717, 1.165) is 63.2 Å². The third-order valence-corrected chi connectivity index (χ3v) is 6.87. The quantitative estimate of drug-likeness (QED) is 0.300. The van der Waals surface area contributed by atoms with Gasteiger partial charge in [-0.05, 0) is 42.7 Å². The number of guanidine groups is 1. The van der Waals surface area contributed by atoms with Gasteiger partial charge in [0.1, 0.15) is 0 Å². The normalized spacial score (nSPS) is 24.2. The number of benzene rings is 1. The summed E-state index contributed by atoms with van der Waals surface area (Å²) >= 11 is 6.59. The van der Waals surface area contributed by atoms with Gasteiger partial charge in [-0.2, -0.15) is 0 Å². The molecule has 2 fully saturated rings. The van der Waals surface area contributed by atoms with Crippen LogP contribution < -0.4 is 10.6 Å². The molecule has 2 aliphatic heterocycles. The van der Waals surface area contributed by atoms with Crippen molar-refractivity contribution in [2.45, 2.75) is 58.0 Å². The van der Waals surface area contributed by atoms with Crippen molar-refractivity contribution in [2.75, 3.05) is 40.0 Å². The molecule has 2 aliphatic rings. The van der Waals surface area contributed by atoms with Crippen LogP contribution in [0.15, 0.2) is 29.3 Å². The fourth-order valence-electron chi connectivity index (χ4n) is 4.91. The summed E-state index contributed by atoms with van der Waals surface area (Å²) in [7, 11) is 1.83. The minimum atomic E-state index is -0.0455. The molecule has 0 radical (unpaired) electrons.